The Labute approximate surface area is 260 Å². The molecule has 7 aromatic rings. The van der Waals surface area contributed by atoms with Gasteiger partial charge in [0.2, 0.25) is 0 Å². The second kappa shape index (κ2) is 11.4. The zero-order valence-corrected chi connectivity index (χ0v) is 25.8. The second-order valence-corrected chi connectivity index (χ2v) is 11.8. The van der Waals surface area contributed by atoms with Crippen molar-refractivity contribution in [2.24, 2.45) is 0 Å². The zero-order valence-electron chi connectivity index (χ0n) is 25.8. The average Bonchev–Trinajstić information content (AvgIpc) is 3.04. The molecule has 7 rings (SSSR count). The number of aryl methyl sites for hydroxylation is 4. The highest BCUT2D eigenvalue weighted by atomic mass is 15.2. The average molecular weight is 569 g/mol. The van der Waals surface area contributed by atoms with Gasteiger partial charge in [-0.05, 0) is 87.4 Å². The molecular weight excluding hydrogens is 532 g/mol. The molecule has 0 saturated heterocycles. The Kier molecular flexibility index (Phi) is 7.12. The van der Waals surface area contributed by atoms with Gasteiger partial charge in [-0.3, -0.25) is 0 Å². The summed E-state index contributed by atoms with van der Waals surface area (Å²) in [5.74, 6) is 0. The van der Waals surface area contributed by atoms with E-state index in [1.807, 2.05) is 0 Å². The minimum Gasteiger partial charge on any atom is -0.309 e. The number of hydrogen-bond donors (Lipinski definition) is 0. The van der Waals surface area contributed by atoms with E-state index in [4.69, 9.17) is 0 Å². The summed E-state index contributed by atoms with van der Waals surface area (Å²) in [7, 11) is 0. The first-order valence-electron chi connectivity index (χ1n) is 15.3. The zero-order chi connectivity index (χ0) is 30.2. The lowest BCUT2D eigenvalue weighted by atomic mass is 9.95. The van der Waals surface area contributed by atoms with Gasteiger partial charge in [0.15, 0.2) is 0 Å². The maximum absolute atomic E-state index is 2.44. The number of benzene rings is 7. The molecule has 2 nitrogen and oxygen atoms in total. The Balaban J connectivity index is 1.61. The summed E-state index contributed by atoms with van der Waals surface area (Å²) in [6.07, 6.45) is 0. The number of hydrogen-bond acceptors (Lipinski definition) is 2. The van der Waals surface area contributed by atoms with Crippen molar-refractivity contribution in [3.63, 3.8) is 0 Å². The quantitative estimate of drug-likeness (QED) is 0.145. The van der Waals surface area contributed by atoms with Crippen LogP contribution in [0.3, 0.4) is 0 Å². The standard InChI is InChI=1S/C42H36N2/c1-29-19-23-33(24-20-29)43(34-25-21-30(2)22-26-34)41-37-15-5-7-17-39(37)42(40-18-8-6-16-38(40)41)44(35-13-9-11-31(3)27-35)36-14-10-12-32(4)28-36/h5-28H,1-4H3. The smallest absolute Gasteiger partial charge is 0.0619 e. The highest BCUT2D eigenvalue weighted by molar-refractivity contribution is 6.23. The molecule has 0 atom stereocenters. The van der Waals surface area contributed by atoms with Crippen molar-refractivity contribution in [3.05, 3.63) is 168 Å². The number of nitrogens with zero attached hydrogens (tertiary/aromatic N) is 2. The van der Waals surface area contributed by atoms with Crippen LogP contribution in [0.25, 0.3) is 21.5 Å². The minimum atomic E-state index is 1.14. The van der Waals surface area contributed by atoms with Crippen molar-refractivity contribution < 1.29 is 0 Å². The first-order chi connectivity index (χ1) is 21.5. The van der Waals surface area contributed by atoms with E-state index in [0.717, 1.165) is 22.7 Å². The Bertz CT molecular complexity index is 1960. The van der Waals surface area contributed by atoms with Gasteiger partial charge >= 0.3 is 0 Å². The fraction of sp³-hybridized carbons (Fsp3) is 0.0952. The van der Waals surface area contributed by atoms with Crippen LogP contribution in [0, 0.1) is 27.7 Å². The summed E-state index contributed by atoms with van der Waals surface area (Å²) < 4.78 is 0. The fourth-order valence-electron chi connectivity index (χ4n) is 6.30. The summed E-state index contributed by atoms with van der Waals surface area (Å²) in [6.45, 7) is 8.62. The van der Waals surface area contributed by atoms with Gasteiger partial charge in [-0.15, -0.1) is 0 Å². The molecule has 0 aromatic heterocycles. The minimum absolute atomic E-state index is 1.14. The van der Waals surface area contributed by atoms with Gasteiger partial charge in [-0.25, -0.2) is 0 Å². The molecule has 0 N–H and O–H groups in total. The second-order valence-electron chi connectivity index (χ2n) is 11.8. The molecule has 44 heavy (non-hydrogen) atoms. The summed E-state index contributed by atoms with van der Waals surface area (Å²) in [5, 5.41) is 4.81. The van der Waals surface area contributed by atoms with E-state index in [1.54, 1.807) is 0 Å². The number of fused-ring (bicyclic) bond motifs is 2. The van der Waals surface area contributed by atoms with Crippen LogP contribution < -0.4 is 9.80 Å². The maximum Gasteiger partial charge on any atom is 0.0619 e. The van der Waals surface area contributed by atoms with Gasteiger partial charge < -0.3 is 9.80 Å². The predicted octanol–water partition coefficient (Wildman–Crippen LogP) is 12.2. The Morgan fingerprint density at radius 2 is 0.636 bits per heavy atom. The molecule has 0 heterocycles. The highest BCUT2D eigenvalue weighted by Crippen LogP contribution is 2.51. The van der Waals surface area contributed by atoms with Crippen LogP contribution in [-0.4, -0.2) is 0 Å². The molecular formula is C42H36N2. The molecule has 2 heteroatoms. The molecule has 0 amide bonds. The molecule has 0 bridgehead atoms. The molecule has 0 aliphatic rings. The Morgan fingerprint density at radius 1 is 0.295 bits per heavy atom. The van der Waals surface area contributed by atoms with Crippen LogP contribution in [0.1, 0.15) is 22.3 Å². The summed E-state index contributed by atoms with van der Waals surface area (Å²) in [6, 6.07) is 53.2. The molecule has 0 unspecified atom stereocenters. The maximum atomic E-state index is 2.44. The molecule has 214 valence electrons. The van der Waals surface area contributed by atoms with E-state index >= 15 is 0 Å². The van der Waals surface area contributed by atoms with E-state index in [2.05, 4.69) is 183 Å². The van der Waals surface area contributed by atoms with E-state index in [1.165, 1.54) is 55.2 Å². The normalized spacial score (nSPS) is 11.2. The van der Waals surface area contributed by atoms with E-state index in [0.29, 0.717) is 0 Å². The van der Waals surface area contributed by atoms with Crippen molar-refractivity contribution >= 4 is 55.7 Å². The number of rotatable bonds is 6. The van der Waals surface area contributed by atoms with E-state index < -0.39 is 0 Å². The van der Waals surface area contributed by atoms with Crippen molar-refractivity contribution in [1.82, 2.24) is 0 Å². The highest BCUT2D eigenvalue weighted by Gasteiger charge is 2.25. The summed E-state index contributed by atoms with van der Waals surface area (Å²) in [5.41, 5.74) is 11.9. The summed E-state index contributed by atoms with van der Waals surface area (Å²) in [4.78, 5) is 4.87. The topological polar surface area (TPSA) is 6.48 Å². The molecule has 0 spiro atoms. The molecule has 7 aromatic carbocycles. The van der Waals surface area contributed by atoms with Crippen LogP contribution in [0.4, 0.5) is 34.1 Å². The van der Waals surface area contributed by atoms with Crippen molar-refractivity contribution in [2.45, 2.75) is 27.7 Å². The first kappa shape index (κ1) is 27.5. The van der Waals surface area contributed by atoms with Gasteiger partial charge in [0.1, 0.15) is 0 Å². The van der Waals surface area contributed by atoms with Crippen LogP contribution >= 0.6 is 0 Å². The van der Waals surface area contributed by atoms with Crippen molar-refractivity contribution in [1.29, 1.82) is 0 Å². The van der Waals surface area contributed by atoms with Crippen LogP contribution in [-0.2, 0) is 0 Å². The van der Waals surface area contributed by atoms with Gasteiger partial charge in [-0.2, -0.15) is 0 Å². The van der Waals surface area contributed by atoms with Gasteiger partial charge in [-0.1, -0.05) is 108 Å². The van der Waals surface area contributed by atoms with E-state index in [9.17, 15) is 0 Å². The third kappa shape index (κ3) is 4.99. The molecule has 0 fully saturated rings. The lowest BCUT2D eigenvalue weighted by Crippen LogP contribution is -2.14. The third-order valence-corrected chi connectivity index (χ3v) is 8.43. The van der Waals surface area contributed by atoms with Crippen LogP contribution in [0.2, 0.25) is 0 Å². The van der Waals surface area contributed by atoms with Gasteiger partial charge in [0.25, 0.3) is 0 Å². The largest absolute Gasteiger partial charge is 0.309 e. The lowest BCUT2D eigenvalue weighted by Gasteiger charge is -2.33. The molecule has 0 aliphatic carbocycles. The Hall–Kier alpha value is -5.34. The van der Waals surface area contributed by atoms with Gasteiger partial charge in [0, 0.05) is 44.3 Å². The monoisotopic (exact) mass is 568 g/mol. The van der Waals surface area contributed by atoms with Gasteiger partial charge in [0.05, 0.1) is 11.4 Å². The first-order valence-corrected chi connectivity index (χ1v) is 15.3. The lowest BCUT2D eigenvalue weighted by molar-refractivity contribution is 1.27. The van der Waals surface area contributed by atoms with Crippen LogP contribution in [0.5, 0.6) is 0 Å². The number of anilines is 6. The van der Waals surface area contributed by atoms with Crippen molar-refractivity contribution in [3.8, 4) is 0 Å². The van der Waals surface area contributed by atoms with E-state index in [-0.39, 0.29) is 0 Å². The third-order valence-electron chi connectivity index (χ3n) is 8.43. The molecule has 0 aliphatic heterocycles. The fourth-order valence-corrected chi connectivity index (χ4v) is 6.30. The van der Waals surface area contributed by atoms with Crippen molar-refractivity contribution in [2.75, 3.05) is 9.80 Å². The SMILES string of the molecule is Cc1ccc(N(c2ccc(C)cc2)c2c3ccccc3c(N(c3cccc(C)c3)c3cccc(C)c3)c3ccccc23)cc1. The molecule has 0 saturated carbocycles. The van der Waals surface area contributed by atoms with Crippen LogP contribution in [0.15, 0.2) is 146 Å². The molecule has 0 radical (unpaired) electrons. The predicted molar refractivity (Wildman–Crippen MR) is 190 cm³/mol. The summed E-state index contributed by atoms with van der Waals surface area (Å²) >= 11 is 0. The Morgan fingerprint density at radius 3 is 0.977 bits per heavy atom.